The molecule has 0 bridgehead atoms. The molecule has 5 heteroatoms. The number of rotatable bonds is 5. The second-order valence-electron chi connectivity index (χ2n) is 6.34. The Bertz CT molecular complexity index is 585. The van der Waals surface area contributed by atoms with Crippen LogP contribution in [-0.4, -0.2) is 59.6 Å². The molecule has 0 aromatic heterocycles. The van der Waals surface area contributed by atoms with Gasteiger partial charge in [-0.05, 0) is 36.1 Å². The van der Waals surface area contributed by atoms with Crippen molar-refractivity contribution in [2.75, 3.05) is 32.7 Å². The van der Waals surface area contributed by atoms with Gasteiger partial charge in [-0.1, -0.05) is 29.8 Å². The van der Waals surface area contributed by atoms with Crippen molar-refractivity contribution in [3.8, 4) is 0 Å². The molecule has 0 unspecified atom stereocenters. The minimum Gasteiger partial charge on any atom is -0.390 e. The van der Waals surface area contributed by atoms with Crippen molar-refractivity contribution in [1.29, 1.82) is 0 Å². The normalized spacial score (nSPS) is 20.7. The van der Waals surface area contributed by atoms with Crippen LogP contribution in [-0.2, 0) is 4.79 Å². The van der Waals surface area contributed by atoms with Gasteiger partial charge in [0, 0.05) is 44.2 Å². The maximum Gasteiger partial charge on any atom is 0.222 e. The molecular formula is C18H23ClN2O2. The third kappa shape index (κ3) is 4.34. The molecule has 1 aromatic rings. The Morgan fingerprint density at radius 3 is 2.52 bits per heavy atom. The first kappa shape index (κ1) is 16.5. The van der Waals surface area contributed by atoms with Crippen molar-refractivity contribution < 1.29 is 9.90 Å². The van der Waals surface area contributed by atoms with Crippen LogP contribution in [0, 0.1) is 0 Å². The fourth-order valence-corrected chi connectivity index (χ4v) is 3.44. The Hall–Kier alpha value is -1.36. The van der Waals surface area contributed by atoms with E-state index in [0.29, 0.717) is 19.5 Å². The zero-order valence-electron chi connectivity index (χ0n) is 13.2. The molecule has 3 rings (SSSR count). The van der Waals surface area contributed by atoms with Crippen LogP contribution in [0.3, 0.4) is 0 Å². The van der Waals surface area contributed by atoms with Crippen LogP contribution in [0.25, 0.3) is 5.57 Å². The zero-order chi connectivity index (χ0) is 16.2. The van der Waals surface area contributed by atoms with Crippen molar-refractivity contribution in [2.24, 2.45) is 0 Å². The molecule has 1 aromatic carbocycles. The largest absolute Gasteiger partial charge is 0.390 e. The van der Waals surface area contributed by atoms with E-state index in [9.17, 15) is 9.90 Å². The number of hydrogen-bond donors (Lipinski definition) is 1. The van der Waals surface area contributed by atoms with Crippen LogP contribution in [0.15, 0.2) is 30.3 Å². The van der Waals surface area contributed by atoms with E-state index in [-0.39, 0.29) is 5.91 Å². The Morgan fingerprint density at radius 2 is 1.91 bits per heavy atom. The topological polar surface area (TPSA) is 43.8 Å². The summed E-state index contributed by atoms with van der Waals surface area (Å²) in [5.74, 6) is 0.174. The molecule has 23 heavy (non-hydrogen) atoms. The minimum atomic E-state index is -0.470. The molecule has 1 N–H and O–H groups in total. The van der Waals surface area contributed by atoms with Crippen LogP contribution in [0.5, 0.6) is 0 Å². The van der Waals surface area contributed by atoms with Crippen molar-refractivity contribution in [3.05, 3.63) is 40.9 Å². The lowest BCUT2D eigenvalue weighted by Gasteiger charge is -2.29. The van der Waals surface area contributed by atoms with Crippen LogP contribution < -0.4 is 0 Å². The van der Waals surface area contributed by atoms with Crippen LogP contribution >= 0.6 is 11.6 Å². The number of benzene rings is 1. The molecule has 1 amide bonds. The van der Waals surface area contributed by atoms with E-state index in [1.165, 1.54) is 11.1 Å². The van der Waals surface area contributed by atoms with Gasteiger partial charge in [0.25, 0.3) is 0 Å². The number of likely N-dealkylation sites (tertiary alicyclic amines) is 1. The number of amides is 1. The molecular weight excluding hydrogens is 312 g/mol. The average Bonchev–Trinajstić information content (AvgIpc) is 2.94. The van der Waals surface area contributed by atoms with Gasteiger partial charge in [-0.15, -0.1) is 0 Å². The van der Waals surface area contributed by atoms with Gasteiger partial charge in [0.15, 0.2) is 0 Å². The number of aliphatic hydroxyl groups excluding tert-OH is 1. The van der Waals surface area contributed by atoms with Gasteiger partial charge in [-0.2, -0.15) is 0 Å². The van der Waals surface area contributed by atoms with Gasteiger partial charge in [-0.3, -0.25) is 9.69 Å². The highest BCUT2D eigenvalue weighted by Crippen LogP contribution is 2.24. The molecule has 1 fully saturated rings. The van der Waals surface area contributed by atoms with Gasteiger partial charge in [0.2, 0.25) is 5.91 Å². The van der Waals surface area contributed by atoms with E-state index in [4.69, 9.17) is 11.6 Å². The summed E-state index contributed by atoms with van der Waals surface area (Å²) in [5, 5.41) is 11.0. The first-order valence-corrected chi connectivity index (χ1v) is 8.63. The van der Waals surface area contributed by atoms with Gasteiger partial charge in [0.1, 0.15) is 0 Å². The smallest absolute Gasteiger partial charge is 0.222 e. The molecule has 4 nitrogen and oxygen atoms in total. The summed E-state index contributed by atoms with van der Waals surface area (Å²) in [7, 11) is 0. The number of halogens is 1. The first-order chi connectivity index (χ1) is 11.1. The average molecular weight is 335 g/mol. The Labute approximate surface area is 142 Å². The fourth-order valence-electron chi connectivity index (χ4n) is 3.31. The number of carbonyl (C=O) groups is 1. The quantitative estimate of drug-likeness (QED) is 0.899. The number of nitrogens with zero attached hydrogens (tertiary/aromatic N) is 2. The lowest BCUT2D eigenvalue weighted by Crippen LogP contribution is -2.42. The van der Waals surface area contributed by atoms with E-state index in [2.05, 4.69) is 23.1 Å². The van der Waals surface area contributed by atoms with Crippen molar-refractivity contribution in [2.45, 2.75) is 25.4 Å². The Morgan fingerprint density at radius 1 is 1.13 bits per heavy atom. The summed E-state index contributed by atoms with van der Waals surface area (Å²) in [4.78, 5) is 15.6. The van der Waals surface area contributed by atoms with Gasteiger partial charge in [0.05, 0.1) is 6.10 Å². The predicted molar refractivity (Wildman–Crippen MR) is 92.3 cm³/mol. The summed E-state index contributed by atoms with van der Waals surface area (Å²) in [6.07, 6.45) is 4.27. The maximum atomic E-state index is 11.6. The number of carbonyl (C=O) groups excluding carboxylic acids is 1. The van der Waals surface area contributed by atoms with Gasteiger partial charge >= 0.3 is 0 Å². The SMILES string of the molecule is O=C1CCCN1C[C@@H](O)CN1CC=C(c2ccc(Cl)cc2)CC1. The number of hydrogen-bond acceptors (Lipinski definition) is 3. The molecule has 0 spiro atoms. The Kier molecular flexibility index (Phi) is 5.36. The molecule has 2 aliphatic rings. The second kappa shape index (κ2) is 7.47. The standard InChI is InChI=1S/C18H23ClN2O2/c19-16-5-3-14(4-6-16)15-7-10-20(11-8-15)12-17(22)13-21-9-1-2-18(21)23/h3-7,17,22H,1-2,8-13H2/t17-/m0/s1. The van der Waals surface area contributed by atoms with E-state index >= 15 is 0 Å². The molecule has 0 saturated carbocycles. The van der Waals surface area contributed by atoms with E-state index in [1.54, 1.807) is 4.90 Å². The summed E-state index contributed by atoms with van der Waals surface area (Å²) in [6, 6.07) is 7.94. The lowest BCUT2D eigenvalue weighted by atomic mass is 9.99. The highest BCUT2D eigenvalue weighted by atomic mass is 35.5. The summed E-state index contributed by atoms with van der Waals surface area (Å²) < 4.78 is 0. The predicted octanol–water partition coefficient (Wildman–Crippen LogP) is 2.41. The van der Waals surface area contributed by atoms with Crippen LogP contribution in [0.4, 0.5) is 0 Å². The summed E-state index contributed by atoms with van der Waals surface area (Å²) in [6.45, 7) is 3.64. The zero-order valence-corrected chi connectivity index (χ0v) is 14.0. The number of β-amino-alcohol motifs (C(OH)–C–C–N with tert-alkyl or cyclic N) is 1. The molecule has 1 atom stereocenters. The fraction of sp³-hybridized carbons (Fsp3) is 0.500. The van der Waals surface area contributed by atoms with Crippen molar-refractivity contribution in [3.63, 3.8) is 0 Å². The second-order valence-corrected chi connectivity index (χ2v) is 6.78. The molecule has 124 valence electrons. The third-order valence-electron chi connectivity index (χ3n) is 4.58. The van der Waals surface area contributed by atoms with Gasteiger partial charge in [-0.25, -0.2) is 0 Å². The Balaban J connectivity index is 1.50. The molecule has 0 aliphatic carbocycles. The first-order valence-electron chi connectivity index (χ1n) is 8.25. The molecule has 0 radical (unpaired) electrons. The highest BCUT2D eigenvalue weighted by molar-refractivity contribution is 6.30. The van der Waals surface area contributed by atoms with E-state index in [1.807, 2.05) is 12.1 Å². The summed E-state index contributed by atoms with van der Waals surface area (Å²) >= 11 is 5.93. The highest BCUT2D eigenvalue weighted by Gasteiger charge is 2.24. The van der Waals surface area contributed by atoms with E-state index in [0.717, 1.165) is 37.5 Å². The lowest BCUT2D eigenvalue weighted by molar-refractivity contribution is -0.129. The van der Waals surface area contributed by atoms with Crippen molar-refractivity contribution >= 4 is 23.1 Å². The molecule has 1 saturated heterocycles. The maximum absolute atomic E-state index is 11.6. The minimum absolute atomic E-state index is 0.174. The molecule has 2 aliphatic heterocycles. The van der Waals surface area contributed by atoms with E-state index < -0.39 is 6.10 Å². The monoisotopic (exact) mass is 334 g/mol. The number of aliphatic hydroxyl groups is 1. The van der Waals surface area contributed by atoms with Gasteiger partial charge < -0.3 is 10.0 Å². The van der Waals surface area contributed by atoms with Crippen LogP contribution in [0.2, 0.25) is 5.02 Å². The van der Waals surface area contributed by atoms with Crippen molar-refractivity contribution in [1.82, 2.24) is 9.80 Å². The third-order valence-corrected chi connectivity index (χ3v) is 4.83. The summed E-state index contributed by atoms with van der Waals surface area (Å²) in [5.41, 5.74) is 2.55. The molecule has 2 heterocycles. The van der Waals surface area contributed by atoms with Crippen LogP contribution in [0.1, 0.15) is 24.8 Å².